The molecule has 7 heteroatoms. The van der Waals surface area contributed by atoms with E-state index < -0.39 is 0 Å². The fourth-order valence-electron chi connectivity index (χ4n) is 3.93. The molecule has 1 atom stereocenters. The minimum atomic E-state index is 0.172. The van der Waals surface area contributed by atoms with Crippen molar-refractivity contribution >= 4 is 34.2 Å². The fraction of sp³-hybridized carbons (Fsp3) is 0.333. The van der Waals surface area contributed by atoms with Gasteiger partial charge in [-0.1, -0.05) is 114 Å². The van der Waals surface area contributed by atoms with Crippen molar-refractivity contribution in [3.63, 3.8) is 0 Å². The molecule has 0 amide bonds. The van der Waals surface area contributed by atoms with Crippen LogP contribution in [0.15, 0.2) is 73.4 Å². The number of nitrogens with zero attached hydrogens (tertiary/aromatic N) is 2. The topological polar surface area (TPSA) is 115 Å². The van der Waals surface area contributed by atoms with Crippen LogP contribution in [0.25, 0.3) is 33.4 Å². The first-order valence-corrected chi connectivity index (χ1v) is 13.9. The highest BCUT2D eigenvalue weighted by Crippen LogP contribution is 2.40. The highest BCUT2D eigenvalue weighted by Gasteiger charge is 2.18. The molecule has 0 saturated heterocycles. The van der Waals surface area contributed by atoms with E-state index in [1.54, 1.807) is 13.1 Å². The molecule has 0 radical (unpaired) electrons. The summed E-state index contributed by atoms with van der Waals surface area (Å²) in [7, 11) is 0. The molecule has 0 bridgehead atoms. The van der Waals surface area contributed by atoms with E-state index in [1.807, 2.05) is 18.2 Å². The van der Waals surface area contributed by atoms with Crippen LogP contribution in [0.4, 0.5) is 0 Å². The molecule has 0 aliphatic carbocycles. The smallest absolute Gasteiger partial charge is 0.157 e. The Labute approximate surface area is 244 Å². The molecule has 0 spiro atoms. The van der Waals surface area contributed by atoms with Gasteiger partial charge in [-0.05, 0) is 41.9 Å². The molecule has 2 aromatic heterocycles. The number of allylic oxidation sites excluding steroid dienone is 1. The summed E-state index contributed by atoms with van der Waals surface area (Å²) in [5.74, 6) is 0.960. The average molecular weight is 559 g/mol. The van der Waals surface area contributed by atoms with E-state index in [4.69, 9.17) is 33.1 Å². The number of nitrogens with one attached hydrogen (secondary N) is 3. The predicted molar refractivity (Wildman–Crippen MR) is 173 cm³/mol. The van der Waals surface area contributed by atoms with E-state index in [0.717, 1.165) is 34.2 Å². The number of pyridine rings is 1. The third kappa shape index (κ3) is 10.1. The summed E-state index contributed by atoms with van der Waals surface area (Å²) in [4.78, 5) is 4.85. The van der Waals surface area contributed by atoms with Gasteiger partial charge in [0.15, 0.2) is 5.65 Å². The number of amidine groups is 1. The zero-order chi connectivity index (χ0) is 29.9. The lowest BCUT2D eigenvalue weighted by Gasteiger charge is -2.15. The van der Waals surface area contributed by atoms with Gasteiger partial charge in [0.05, 0.1) is 28.1 Å². The minimum Gasteiger partial charge on any atom is -0.388 e. The Hall–Kier alpha value is -3.77. The Morgan fingerprint density at radius 2 is 1.68 bits per heavy atom. The lowest BCUT2D eigenvalue weighted by Crippen LogP contribution is -2.18. The quantitative estimate of drug-likeness (QED) is 0.134. The number of rotatable bonds is 7. The van der Waals surface area contributed by atoms with Crippen molar-refractivity contribution in [3.8, 4) is 22.4 Å². The van der Waals surface area contributed by atoms with Gasteiger partial charge in [0.25, 0.3) is 0 Å². The number of hydrogen-bond acceptors (Lipinski definition) is 4. The molecule has 4 aromatic rings. The Morgan fingerprint density at radius 1 is 1.07 bits per heavy atom. The van der Waals surface area contributed by atoms with Gasteiger partial charge in [-0.15, -0.1) is 0 Å². The molecule has 6 nitrogen and oxygen atoms in total. The Balaban J connectivity index is 0.000000361. The van der Waals surface area contributed by atoms with Gasteiger partial charge < -0.3 is 11.1 Å². The SMILES string of the molecule is C=CC(C)=N.CC(C)(C)CC(=N)N.CCC(C)Cc1ccc(-c2nc3[nH]ncc3c(Cl)c2-c2ccccc2)cc1. The van der Waals surface area contributed by atoms with Crippen molar-refractivity contribution in [2.75, 3.05) is 0 Å². The third-order valence-corrected chi connectivity index (χ3v) is 6.53. The molecule has 2 aromatic carbocycles. The van der Waals surface area contributed by atoms with Crippen molar-refractivity contribution < 1.29 is 0 Å². The molecule has 212 valence electrons. The van der Waals surface area contributed by atoms with Gasteiger partial charge in [0.2, 0.25) is 0 Å². The maximum absolute atomic E-state index is 6.93. The Bertz CT molecular complexity index is 1400. The first-order chi connectivity index (χ1) is 18.9. The van der Waals surface area contributed by atoms with Crippen molar-refractivity contribution in [2.24, 2.45) is 17.1 Å². The van der Waals surface area contributed by atoms with Gasteiger partial charge in [0, 0.05) is 23.3 Å². The molecule has 1 unspecified atom stereocenters. The van der Waals surface area contributed by atoms with Crippen LogP contribution in [-0.2, 0) is 6.42 Å². The molecule has 0 saturated carbocycles. The van der Waals surface area contributed by atoms with Gasteiger partial charge in [-0.2, -0.15) is 5.10 Å². The maximum atomic E-state index is 6.93. The van der Waals surface area contributed by atoms with Crippen LogP contribution in [0.3, 0.4) is 0 Å². The fourth-order valence-corrected chi connectivity index (χ4v) is 4.26. The molecule has 0 fully saturated rings. The Kier molecular flexibility index (Phi) is 12.3. The molecule has 40 heavy (non-hydrogen) atoms. The summed E-state index contributed by atoms with van der Waals surface area (Å²) in [5.41, 5.74) is 11.8. The maximum Gasteiger partial charge on any atom is 0.157 e. The lowest BCUT2D eigenvalue weighted by molar-refractivity contribution is 0.432. The average Bonchev–Trinajstić information content (AvgIpc) is 3.38. The summed E-state index contributed by atoms with van der Waals surface area (Å²) in [6.07, 6.45) is 6.20. The lowest BCUT2D eigenvalue weighted by atomic mass is 9.92. The number of benzene rings is 2. The summed E-state index contributed by atoms with van der Waals surface area (Å²) in [6, 6.07) is 18.9. The Morgan fingerprint density at radius 3 is 2.15 bits per heavy atom. The zero-order valence-electron chi connectivity index (χ0n) is 24.6. The van der Waals surface area contributed by atoms with Crippen molar-refractivity contribution in [2.45, 2.75) is 60.8 Å². The second kappa shape index (κ2) is 15.1. The summed E-state index contributed by atoms with van der Waals surface area (Å²) in [6.45, 7) is 15.7. The largest absolute Gasteiger partial charge is 0.388 e. The highest BCUT2D eigenvalue weighted by molar-refractivity contribution is 6.38. The normalized spacial score (nSPS) is 11.5. The van der Waals surface area contributed by atoms with Crippen molar-refractivity contribution in [1.82, 2.24) is 15.2 Å². The molecule has 5 N–H and O–H groups in total. The minimum absolute atomic E-state index is 0.172. The van der Waals surface area contributed by atoms with Crippen molar-refractivity contribution in [3.05, 3.63) is 84.0 Å². The molecular formula is C33H43ClN6. The van der Waals surface area contributed by atoms with E-state index in [-0.39, 0.29) is 11.3 Å². The van der Waals surface area contributed by atoms with Gasteiger partial charge in [-0.3, -0.25) is 10.5 Å². The van der Waals surface area contributed by atoms with E-state index in [9.17, 15) is 0 Å². The summed E-state index contributed by atoms with van der Waals surface area (Å²) >= 11 is 6.79. The van der Waals surface area contributed by atoms with Crippen LogP contribution in [0.2, 0.25) is 5.02 Å². The first kappa shape index (κ1) is 32.4. The molecule has 4 rings (SSSR count). The molecular weight excluding hydrogens is 516 g/mol. The van der Waals surface area contributed by atoms with Crippen LogP contribution in [0.5, 0.6) is 0 Å². The number of aromatic amines is 1. The zero-order valence-corrected chi connectivity index (χ0v) is 25.4. The van der Waals surface area contributed by atoms with E-state index in [0.29, 0.717) is 28.7 Å². The molecule has 0 aliphatic rings. The van der Waals surface area contributed by atoms with Crippen LogP contribution in [-0.4, -0.2) is 26.7 Å². The standard InChI is InChI=1S/C23H22ClN3.C6H14N2.C4H7N/c1-3-15(2)13-16-9-11-18(12-10-16)22-20(17-7-5-4-6-8-17)21(24)19-14-25-27-23(19)26-22;1-6(2,3)4-5(7)8;1-3-4(2)5/h4-12,14-15H,3,13H2,1-2H3,(H,25,26,27);4H2,1-3H3,(H3,7,8);3,5H,1H2,2H3. The van der Waals surface area contributed by atoms with Crippen LogP contribution in [0.1, 0.15) is 59.9 Å². The predicted octanol–water partition coefficient (Wildman–Crippen LogP) is 9.10. The van der Waals surface area contributed by atoms with Gasteiger partial charge >= 0.3 is 0 Å². The number of halogens is 1. The monoisotopic (exact) mass is 558 g/mol. The van der Waals surface area contributed by atoms with Crippen LogP contribution >= 0.6 is 11.6 Å². The number of H-pyrrole nitrogens is 1. The second-order valence-corrected chi connectivity index (χ2v) is 11.6. The number of aromatic nitrogens is 3. The first-order valence-electron chi connectivity index (χ1n) is 13.5. The third-order valence-electron chi connectivity index (χ3n) is 6.13. The summed E-state index contributed by atoms with van der Waals surface area (Å²) in [5, 5.41) is 22.1. The number of hydrogen-bond donors (Lipinski definition) is 4. The van der Waals surface area contributed by atoms with Crippen LogP contribution < -0.4 is 5.73 Å². The van der Waals surface area contributed by atoms with E-state index in [1.165, 1.54) is 18.1 Å². The number of nitrogens with two attached hydrogens (primary N) is 1. The van der Waals surface area contributed by atoms with Gasteiger partial charge in [0.1, 0.15) is 0 Å². The summed E-state index contributed by atoms with van der Waals surface area (Å²) < 4.78 is 0. The van der Waals surface area contributed by atoms with Crippen molar-refractivity contribution in [1.29, 1.82) is 10.8 Å². The van der Waals surface area contributed by atoms with E-state index >= 15 is 0 Å². The van der Waals surface area contributed by atoms with Gasteiger partial charge in [-0.25, -0.2) is 4.98 Å². The molecule has 0 aliphatic heterocycles. The molecule has 2 heterocycles. The highest BCUT2D eigenvalue weighted by atomic mass is 35.5. The van der Waals surface area contributed by atoms with Crippen LogP contribution in [0, 0.1) is 22.2 Å². The van der Waals surface area contributed by atoms with E-state index in [2.05, 4.69) is 87.8 Å². The second-order valence-electron chi connectivity index (χ2n) is 11.2. The number of fused-ring (bicyclic) bond motifs is 1.